The molecule has 0 heterocycles. The molecule has 0 aliphatic carbocycles. The molecule has 6 heteroatoms. The summed E-state index contributed by atoms with van der Waals surface area (Å²) in [5.41, 5.74) is 1.74. The average Bonchev–Trinajstić information content (AvgIpc) is 2.54. The smallest absolute Gasteiger partial charge is 0.230 e. The number of carbonyl (C=O) groups is 1. The summed E-state index contributed by atoms with van der Waals surface area (Å²) >= 11 is 12.0. The van der Waals surface area contributed by atoms with Crippen molar-refractivity contribution in [3.8, 4) is 0 Å². The van der Waals surface area contributed by atoms with Crippen molar-refractivity contribution in [1.29, 1.82) is 0 Å². The molecule has 1 unspecified atom stereocenters. The molecule has 1 aromatic carbocycles. The van der Waals surface area contributed by atoms with E-state index in [-0.39, 0.29) is 18.4 Å². The second kappa shape index (κ2) is 10.6. The fourth-order valence-corrected chi connectivity index (χ4v) is 2.80. The topological polar surface area (TPSA) is 49.7 Å². The number of nitrogens with zero attached hydrogens (tertiary/aromatic N) is 2. The predicted octanol–water partition coefficient (Wildman–Crippen LogP) is 5.18. The molecular formula is C17H24Cl2N2O2. The van der Waals surface area contributed by atoms with Crippen LogP contribution in [0.5, 0.6) is 0 Å². The van der Waals surface area contributed by atoms with Crippen LogP contribution in [0, 0.1) is 17.7 Å². The second-order valence-corrected chi connectivity index (χ2v) is 6.38. The molecule has 0 bridgehead atoms. The molecule has 1 amide bonds. The van der Waals surface area contributed by atoms with E-state index in [2.05, 4.69) is 5.18 Å². The number of aryl methyl sites for hydroxylation is 1. The normalized spacial score (nSPS) is 12.0. The summed E-state index contributed by atoms with van der Waals surface area (Å²) in [5, 5.41) is 3.53. The van der Waals surface area contributed by atoms with Gasteiger partial charge in [-0.2, -0.15) is 4.91 Å². The Morgan fingerprint density at radius 3 is 2.65 bits per heavy atom. The lowest BCUT2D eigenvalue weighted by Crippen LogP contribution is -2.37. The van der Waals surface area contributed by atoms with Gasteiger partial charge < -0.3 is 4.90 Å². The molecule has 4 nitrogen and oxygen atoms in total. The van der Waals surface area contributed by atoms with Gasteiger partial charge in [-0.25, -0.2) is 0 Å². The molecule has 0 saturated carbocycles. The Balaban J connectivity index is 3.03. The van der Waals surface area contributed by atoms with Crippen LogP contribution >= 0.6 is 23.2 Å². The van der Waals surface area contributed by atoms with E-state index in [1.807, 2.05) is 32.0 Å². The van der Waals surface area contributed by atoms with Crippen molar-refractivity contribution in [2.45, 2.75) is 39.5 Å². The summed E-state index contributed by atoms with van der Waals surface area (Å²) < 4.78 is 0. The Morgan fingerprint density at radius 2 is 2.09 bits per heavy atom. The summed E-state index contributed by atoms with van der Waals surface area (Å²) in [6, 6.07) is 5.61. The van der Waals surface area contributed by atoms with Crippen molar-refractivity contribution in [2.75, 3.05) is 23.9 Å². The predicted molar refractivity (Wildman–Crippen MR) is 97.6 cm³/mol. The summed E-state index contributed by atoms with van der Waals surface area (Å²) in [6.45, 7) is 4.65. The van der Waals surface area contributed by atoms with Crippen molar-refractivity contribution in [1.82, 2.24) is 0 Å². The van der Waals surface area contributed by atoms with Crippen LogP contribution in [0.15, 0.2) is 23.4 Å². The van der Waals surface area contributed by atoms with Gasteiger partial charge in [-0.3, -0.25) is 4.79 Å². The number of carbonyl (C=O) groups excluding carboxylic acids is 1. The number of amides is 1. The number of benzene rings is 1. The van der Waals surface area contributed by atoms with Crippen molar-refractivity contribution in [2.24, 2.45) is 11.1 Å². The molecular weight excluding hydrogens is 335 g/mol. The number of alkyl halides is 1. The van der Waals surface area contributed by atoms with Crippen LogP contribution in [0.4, 0.5) is 5.69 Å². The molecule has 0 radical (unpaired) electrons. The van der Waals surface area contributed by atoms with Gasteiger partial charge in [0.25, 0.3) is 0 Å². The van der Waals surface area contributed by atoms with E-state index in [0.29, 0.717) is 30.3 Å². The number of rotatable bonds is 10. The van der Waals surface area contributed by atoms with Gasteiger partial charge in [0.05, 0.1) is 6.54 Å². The van der Waals surface area contributed by atoms with E-state index in [4.69, 9.17) is 23.2 Å². The van der Waals surface area contributed by atoms with E-state index in [0.717, 1.165) is 24.1 Å². The molecule has 0 N–H and O–H groups in total. The van der Waals surface area contributed by atoms with Gasteiger partial charge in [0, 0.05) is 29.1 Å². The maximum Gasteiger partial charge on any atom is 0.230 e. The van der Waals surface area contributed by atoms with E-state index in [1.165, 1.54) is 0 Å². The van der Waals surface area contributed by atoms with Gasteiger partial charge in [-0.1, -0.05) is 36.2 Å². The lowest BCUT2D eigenvalue weighted by Gasteiger charge is -2.27. The van der Waals surface area contributed by atoms with Crippen LogP contribution in [-0.2, 0) is 4.79 Å². The molecule has 1 aromatic rings. The highest BCUT2D eigenvalue weighted by molar-refractivity contribution is 6.31. The van der Waals surface area contributed by atoms with Gasteiger partial charge in [0.15, 0.2) is 0 Å². The number of hydrogen-bond acceptors (Lipinski definition) is 3. The number of anilines is 1. The quantitative estimate of drug-likeness (QED) is 0.427. The average molecular weight is 359 g/mol. The third kappa shape index (κ3) is 6.11. The van der Waals surface area contributed by atoms with Crippen LogP contribution < -0.4 is 4.90 Å². The van der Waals surface area contributed by atoms with E-state index in [9.17, 15) is 9.70 Å². The fourth-order valence-electron chi connectivity index (χ4n) is 2.50. The van der Waals surface area contributed by atoms with Gasteiger partial charge in [-0.05, 0) is 43.9 Å². The number of hydrogen-bond donors (Lipinski definition) is 0. The first-order valence-corrected chi connectivity index (χ1v) is 8.89. The van der Waals surface area contributed by atoms with Crippen molar-refractivity contribution < 1.29 is 4.79 Å². The zero-order valence-electron chi connectivity index (χ0n) is 13.7. The molecule has 0 aliphatic heterocycles. The van der Waals surface area contributed by atoms with Crippen molar-refractivity contribution >= 4 is 34.8 Å². The van der Waals surface area contributed by atoms with Gasteiger partial charge >= 0.3 is 0 Å². The van der Waals surface area contributed by atoms with Gasteiger partial charge in [-0.15, -0.1) is 11.6 Å². The highest BCUT2D eigenvalue weighted by Crippen LogP contribution is 2.26. The Labute approximate surface area is 148 Å². The lowest BCUT2D eigenvalue weighted by atomic mass is 9.97. The molecule has 0 aromatic heterocycles. The lowest BCUT2D eigenvalue weighted by molar-refractivity contribution is -0.122. The van der Waals surface area contributed by atoms with Crippen molar-refractivity contribution in [3.05, 3.63) is 33.7 Å². The van der Waals surface area contributed by atoms with Crippen LogP contribution in [0.1, 0.15) is 38.2 Å². The Morgan fingerprint density at radius 1 is 1.35 bits per heavy atom. The third-order valence-corrected chi connectivity index (χ3v) is 4.48. The van der Waals surface area contributed by atoms with Gasteiger partial charge in [0.2, 0.25) is 5.91 Å². The Kier molecular flexibility index (Phi) is 9.19. The molecule has 23 heavy (non-hydrogen) atoms. The molecule has 1 rings (SSSR count). The largest absolute Gasteiger partial charge is 0.312 e. The first kappa shape index (κ1) is 19.9. The van der Waals surface area contributed by atoms with E-state index >= 15 is 0 Å². The standard InChI is InChI=1S/C17H24Cl2N2O2/c1-3-5-14(8-10-20-23)17(22)21(11-4-9-18)15-7-6-13(2)16(19)12-15/h6-7,12,14H,3-5,8-11H2,1-2H3. The van der Waals surface area contributed by atoms with E-state index < -0.39 is 0 Å². The first-order valence-electron chi connectivity index (χ1n) is 7.97. The van der Waals surface area contributed by atoms with Crippen LogP contribution in [-0.4, -0.2) is 24.9 Å². The summed E-state index contributed by atoms with van der Waals surface area (Å²) in [6.07, 6.45) is 2.80. The Hall–Kier alpha value is -1.13. The zero-order valence-corrected chi connectivity index (χ0v) is 15.2. The van der Waals surface area contributed by atoms with Crippen molar-refractivity contribution in [3.63, 3.8) is 0 Å². The Bertz CT molecular complexity index is 523. The minimum Gasteiger partial charge on any atom is -0.312 e. The highest BCUT2D eigenvalue weighted by atomic mass is 35.5. The molecule has 128 valence electrons. The summed E-state index contributed by atoms with van der Waals surface area (Å²) in [5.74, 6) is 0.297. The van der Waals surface area contributed by atoms with Crippen LogP contribution in [0.3, 0.4) is 0 Å². The minimum absolute atomic E-state index is 0.0144. The monoisotopic (exact) mass is 358 g/mol. The molecule has 0 saturated heterocycles. The first-order chi connectivity index (χ1) is 11.0. The molecule has 0 aliphatic rings. The molecule has 0 fully saturated rings. The molecule has 0 spiro atoms. The fraction of sp³-hybridized carbons (Fsp3) is 0.588. The summed E-state index contributed by atoms with van der Waals surface area (Å²) in [7, 11) is 0. The highest BCUT2D eigenvalue weighted by Gasteiger charge is 2.24. The third-order valence-electron chi connectivity index (χ3n) is 3.80. The van der Waals surface area contributed by atoms with E-state index in [1.54, 1.807) is 4.90 Å². The maximum absolute atomic E-state index is 12.9. The molecule has 1 atom stereocenters. The zero-order chi connectivity index (χ0) is 17.2. The summed E-state index contributed by atoms with van der Waals surface area (Å²) in [4.78, 5) is 25.1. The number of halogens is 2. The SMILES string of the molecule is CCCC(CCN=O)C(=O)N(CCCCl)c1ccc(C)c(Cl)c1. The van der Waals surface area contributed by atoms with Gasteiger partial charge in [0.1, 0.15) is 0 Å². The van der Waals surface area contributed by atoms with Crippen LogP contribution in [0.2, 0.25) is 5.02 Å². The van der Waals surface area contributed by atoms with Crippen LogP contribution in [0.25, 0.3) is 0 Å². The second-order valence-electron chi connectivity index (χ2n) is 5.59. The number of nitroso groups, excluding NO2 is 1. The minimum atomic E-state index is -0.201. The maximum atomic E-state index is 12.9.